The molecule has 1 aromatic heterocycles. The summed E-state index contributed by atoms with van der Waals surface area (Å²) >= 11 is 0. The molecule has 1 aliphatic carbocycles. The number of aromatic nitrogens is 1. The molecule has 1 amide bonds. The topological polar surface area (TPSA) is 68.0 Å². The van der Waals surface area contributed by atoms with E-state index >= 15 is 0 Å². The van der Waals surface area contributed by atoms with Crippen LogP contribution in [0.15, 0.2) is 36.7 Å². The molecule has 19 heavy (non-hydrogen) atoms. The zero-order valence-electron chi connectivity index (χ0n) is 10.7. The molecule has 0 spiro atoms. The van der Waals surface area contributed by atoms with E-state index in [4.69, 9.17) is 5.73 Å². The fourth-order valence-electron chi connectivity index (χ4n) is 2.72. The van der Waals surface area contributed by atoms with Gasteiger partial charge in [0, 0.05) is 40.8 Å². The molecule has 2 unspecified atom stereocenters. The fourth-order valence-corrected chi connectivity index (χ4v) is 2.72. The first-order valence-corrected chi connectivity index (χ1v) is 6.63. The maximum atomic E-state index is 12.2. The third-order valence-corrected chi connectivity index (χ3v) is 3.78. The summed E-state index contributed by atoms with van der Waals surface area (Å²) in [7, 11) is 0. The lowest BCUT2D eigenvalue weighted by Gasteiger charge is -2.12. The van der Waals surface area contributed by atoms with Crippen LogP contribution in [0.4, 0.5) is 5.69 Å². The van der Waals surface area contributed by atoms with Crippen molar-refractivity contribution in [3.63, 3.8) is 0 Å². The Labute approximate surface area is 112 Å². The molecule has 1 saturated carbocycles. The molecule has 98 valence electrons. The average Bonchev–Trinajstić information content (AvgIpc) is 2.86. The van der Waals surface area contributed by atoms with Crippen LogP contribution in [0.25, 0.3) is 10.8 Å². The van der Waals surface area contributed by atoms with Gasteiger partial charge in [0.2, 0.25) is 5.91 Å². The van der Waals surface area contributed by atoms with Crippen molar-refractivity contribution in [3.05, 3.63) is 36.7 Å². The first-order chi connectivity index (χ1) is 9.24. The number of rotatable bonds is 2. The van der Waals surface area contributed by atoms with E-state index in [0.29, 0.717) is 0 Å². The van der Waals surface area contributed by atoms with Crippen molar-refractivity contribution in [2.45, 2.75) is 25.3 Å². The van der Waals surface area contributed by atoms with Crippen LogP contribution in [0.1, 0.15) is 19.3 Å². The summed E-state index contributed by atoms with van der Waals surface area (Å²) in [5.41, 5.74) is 6.71. The maximum Gasteiger partial charge on any atom is 0.227 e. The Kier molecular flexibility index (Phi) is 3.17. The Hall–Kier alpha value is -1.94. The summed E-state index contributed by atoms with van der Waals surface area (Å²) in [6, 6.07) is 7.94. The van der Waals surface area contributed by atoms with Crippen molar-refractivity contribution >= 4 is 22.4 Å². The number of pyridine rings is 1. The van der Waals surface area contributed by atoms with Crippen LogP contribution in [0.5, 0.6) is 0 Å². The highest BCUT2D eigenvalue weighted by Crippen LogP contribution is 2.27. The van der Waals surface area contributed by atoms with Gasteiger partial charge in [0.25, 0.3) is 0 Å². The predicted octanol–water partition coefficient (Wildman–Crippen LogP) is 2.30. The fraction of sp³-hybridized carbons (Fsp3) is 0.333. The molecular formula is C15H17N3O. The number of hydrogen-bond donors (Lipinski definition) is 2. The molecular weight excluding hydrogens is 238 g/mol. The monoisotopic (exact) mass is 255 g/mol. The first-order valence-electron chi connectivity index (χ1n) is 6.63. The molecule has 4 nitrogen and oxygen atoms in total. The minimum absolute atomic E-state index is 0.0482. The van der Waals surface area contributed by atoms with Crippen molar-refractivity contribution in [1.82, 2.24) is 4.98 Å². The summed E-state index contributed by atoms with van der Waals surface area (Å²) < 4.78 is 0. The van der Waals surface area contributed by atoms with Gasteiger partial charge in [0.15, 0.2) is 0 Å². The SMILES string of the molecule is NC1CCC(C(=O)Nc2cccc3cnccc23)C1. The van der Waals surface area contributed by atoms with Gasteiger partial charge >= 0.3 is 0 Å². The molecule has 0 radical (unpaired) electrons. The third kappa shape index (κ3) is 2.44. The van der Waals surface area contributed by atoms with Gasteiger partial charge in [-0.3, -0.25) is 9.78 Å². The smallest absolute Gasteiger partial charge is 0.227 e. The van der Waals surface area contributed by atoms with Gasteiger partial charge in [-0.05, 0) is 31.4 Å². The highest BCUT2D eigenvalue weighted by atomic mass is 16.1. The number of hydrogen-bond acceptors (Lipinski definition) is 3. The van der Waals surface area contributed by atoms with Gasteiger partial charge in [-0.1, -0.05) is 12.1 Å². The molecule has 2 aromatic rings. The lowest BCUT2D eigenvalue weighted by Crippen LogP contribution is -2.23. The number of nitrogens with one attached hydrogen (secondary N) is 1. The van der Waals surface area contributed by atoms with Crippen molar-refractivity contribution in [2.75, 3.05) is 5.32 Å². The number of amides is 1. The van der Waals surface area contributed by atoms with Crippen LogP contribution < -0.4 is 11.1 Å². The highest BCUT2D eigenvalue weighted by Gasteiger charge is 2.27. The molecule has 1 aliphatic rings. The van der Waals surface area contributed by atoms with E-state index < -0.39 is 0 Å². The molecule has 0 aliphatic heterocycles. The van der Waals surface area contributed by atoms with Gasteiger partial charge in [-0.15, -0.1) is 0 Å². The Balaban J connectivity index is 1.83. The Morgan fingerprint density at radius 3 is 3.00 bits per heavy atom. The van der Waals surface area contributed by atoms with Gasteiger partial charge in [-0.2, -0.15) is 0 Å². The predicted molar refractivity (Wildman–Crippen MR) is 75.7 cm³/mol. The van der Waals surface area contributed by atoms with E-state index in [9.17, 15) is 4.79 Å². The van der Waals surface area contributed by atoms with Crippen molar-refractivity contribution in [3.8, 4) is 0 Å². The van der Waals surface area contributed by atoms with E-state index in [2.05, 4.69) is 10.3 Å². The van der Waals surface area contributed by atoms with Crippen molar-refractivity contribution in [1.29, 1.82) is 0 Å². The molecule has 0 saturated heterocycles. The molecule has 0 bridgehead atoms. The summed E-state index contributed by atoms with van der Waals surface area (Å²) in [5, 5.41) is 5.08. The molecule has 2 atom stereocenters. The van der Waals surface area contributed by atoms with Crippen LogP contribution >= 0.6 is 0 Å². The number of benzene rings is 1. The van der Waals surface area contributed by atoms with Crippen molar-refractivity contribution < 1.29 is 4.79 Å². The standard InChI is InChI=1S/C15H17N3O/c16-12-5-4-10(8-12)15(19)18-14-3-1-2-11-9-17-7-6-13(11)14/h1-3,6-7,9-10,12H,4-5,8,16H2,(H,18,19). The van der Waals surface area contributed by atoms with Crippen LogP contribution in [0.2, 0.25) is 0 Å². The Morgan fingerprint density at radius 2 is 2.21 bits per heavy atom. The summed E-state index contributed by atoms with van der Waals surface area (Å²) in [6.07, 6.45) is 6.16. The van der Waals surface area contributed by atoms with Crippen LogP contribution in [-0.4, -0.2) is 16.9 Å². The van der Waals surface area contributed by atoms with Crippen LogP contribution in [-0.2, 0) is 4.79 Å². The molecule has 3 N–H and O–H groups in total. The highest BCUT2D eigenvalue weighted by molar-refractivity contribution is 6.02. The Morgan fingerprint density at radius 1 is 1.32 bits per heavy atom. The number of nitrogens with zero attached hydrogens (tertiary/aromatic N) is 1. The lowest BCUT2D eigenvalue weighted by molar-refractivity contribution is -0.119. The third-order valence-electron chi connectivity index (χ3n) is 3.78. The number of nitrogens with two attached hydrogens (primary N) is 1. The number of fused-ring (bicyclic) bond motifs is 1. The van der Waals surface area contributed by atoms with E-state index in [-0.39, 0.29) is 17.9 Å². The van der Waals surface area contributed by atoms with E-state index in [1.807, 2.05) is 24.3 Å². The molecule has 1 heterocycles. The maximum absolute atomic E-state index is 12.2. The second kappa shape index (κ2) is 4.97. The summed E-state index contributed by atoms with van der Waals surface area (Å²) in [6.45, 7) is 0. The number of anilines is 1. The Bertz CT molecular complexity index is 606. The molecule has 3 rings (SSSR count). The normalized spacial score (nSPS) is 22.6. The zero-order chi connectivity index (χ0) is 13.2. The second-order valence-corrected chi connectivity index (χ2v) is 5.16. The minimum atomic E-state index is 0.0482. The van der Waals surface area contributed by atoms with Gasteiger partial charge in [0.05, 0.1) is 0 Å². The van der Waals surface area contributed by atoms with Crippen LogP contribution in [0, 0.1) is 5.92 Å². The van der Waals surface area contributed by atoms with E-state index in [1.165, 1.54) is 0 Å². The second-order valence-electron chi connectivity index (χ2n) is 5.16. The molecule has 1 fully saturated rings. The van der Waals surface area contributed by atoms with E-state index in [1.54, 1.807) is 12.4 Å². The molecule has 1 aromatic carbocycles. The van der Waals surface area contributed by atoms with Crippen LogP contribution in [0.3, 0.4) is 0 Å². The minimum Gasteiger partial charge on any atom is -0.328 e. The number of carbonyl (C=O) groups is 1. The average molecular weight is 255 g/mol. The summed E-state index contributed by atoms with van der Waals surface area (Å²) in [4.78, 5) is 16.3. The van der Waals surface area contributed by atoms with Gasteiger partial charge in [-0.25, -0.2) is 0 Å². The van der Waals surface area contributed by atoms with E-state index in [0.717, 1.165) is 35.7 Å². The quantitative estimate of drug-likeness (QED) is 0.865. The first kappa shape index (κ1) is 12.1. The number of carbonyl (C=O) groups excluding carboxylic acids is 1. The summed E-state index contributed by atoms with van der Waals surface area (Å²) in [5.74, 6) is 0.129. The largest absolute Gasteiger partial charge is 0.328 e. The van der Waals surface area contributed by atoms with Crippen molar-refractivity contribution in [2.24, 2.45) is 11.7 Å². The van der Waals surface area contributed by atoms with Gasteiger partial charge in [0.1, 0.15) is 0 Å². The lowest BCUT2D eigenvalue weighted by atomic mass is 10.1. The molecule has 4 heteroatoms. The van der Waals surface area contributed by atoms with Gasteiger partial charge < -0.3 is 11.1 Å². The zero-order valence-corrected chi connectivity index (χ0v) is 10.7.